The number of aliphatic hydroxyl groups excluding tert-OH is 1. The van der Waals surface area contributed by atoms with Crippen LogP contribution in [0.1, 0.15) is 37.3 Å². The fourth-order valence-corrected chi connectivity index (χ4v) is 3.23. The molecule has 98 valence electrons. The Balaban J connectivity index is 2.11. The van der Waals surface area contributed by atoms with Gasteiger partial charge in [0.1, 0.15) is 4.34 Å². The van der Waals surface area contributed by atoms with Crippen LogP contribution < -0.4 is 0 Å². The molecule has 0 saturated heterocycles. The fraction of sp³-hybridized carbons (Fsp3) is 0.417. The lowest BCUT2D eigenvalue weighted by Gasteiger charge is -2.08. The Labute approximate surface area is 120 Å². The van der Waals surface area contributed by atoms with Gasteiger partial charge in [0.25, 0.3) is 0 Å². The predicted octanol–water partition coefficient (Wildman–Crippen LogP) is 4.11. The van der Waals surface area contributed by atoms with Crippen LogP contribution >= 0.6 is 34.5 Å². The van der Waals surface area contributed by atoms with E-state index in [1.807, 2.05) is 16.9 Å². The van der Waals surface area contributed by atoms with Crippen molar-refractivity contribution in [1.82, 2.24) is 9.78 Å². The quantitative estimate of drug-likeness (QED) is 0.923. The number of nitrogens with zero attached hydrogens (tertiary/aromatic N) is 2. The summed E-state index contributed by atoms with van der Waals surface area (Å²) in [6.07, 6.45) is 1.68. The predicted molar refractivity (Wildman–Crippen MR) is 75.6 cm³/mol. The lowest BCUT2D eigenvalue weighted by atomic mass is 10.1. The number of hydrogen-bond acceptors (Lipinski definition) is 3. The molecule has 1 atom stereocenters. The molecule has 0 bridgehead atoms. The number of rotatable bonds is 4. The highest BCUT2D eigenvalue weighted by Gasteiger charge is 2.17. The summed E-state index contributed by atoms with van der Waals surface area (Å²) in [5.74, 6) is 0. The highest BCUT2D eigenvalue weighted by atomic mass is 35.5. The van der Waals surface area contributed by atoms with E-state index in [0.29, 0.717) is 26.7 Å². The van der Waals surface area contributed by atoms with Crippen LogP contribution in [0.4, 0.5) is 0 Å². The second-order valence-corrected chi connectivity index (χ2v) is 6.67. The third-order valence-corrected chi connectivity index (χ3v) is 4.16. The van der Waals surface area contributed by atoms with Crippen LogP contribution in [0, 0.1) is 0 Å². The summed E-state index contributed by atoms with van der Waals surface area (Å²) in [5.41, 5.74) is 1.51. The van der Waals surface area contributed by atoms with Gasteiger partial charge in [-0.3, -0.25) is 4.68 Å². The first-order valence-electron chi connectivity index (χ1n) is 5.64. The maximum absolute atomic E-state index is 10.1. The minimum Gasteiger partial charge on any atom is -0.388 e. The summed E-state index contributed by atoms with van der Waals surface area (Å²) in [6, 6.07) is 3.93. The molecule has 0 amide bonds. The van der Waals surface area contributed by atoms with Gasteiger partial charge < -0.3 is 5.11 Å². The van der Waals surface area contributed by atoms with Gasteiger partial charge in [-0.25, -0.2) is 0 Å². The molecule has 6 heteroatoms. The summed E-state index contributed by atoms with van der Waals surface area (Å²) in [7, 11) is 0. The first-order valence-corrected chi connectivity index (χ1v) is 7.21. The molecule has 0 radical (unpaired) electrons. The summed E-state index contributed by atoms with van der Waals surface area (Å²) < 4.78 is 2.99. The molecular formula is C12H14Cl2N2OS. The summed E-state index contributed by atoms with van der Waals surface area (Å²) in [6.45, 7) is 4.12. The smallest absolute Gasteiger partial charge is 0.100 e. The molecule has 0 aliphatic rings. The van der Waals surface area contributed by atoms with Crippen molar-refractivity contribution >= 4 is 34.5 Å². The molecule has 1 N–H and O–H groups in total. The van der Waals surface area contributed by atoms with Crippen LogP contribution in [0.3, 0.4) is 0 Å². The zero-order chi connectivity index (χ0) is 13.3. The number of aliphatic hydroxyl groups is 1. The lowest BCUT2D eigenvalue weighted by molar-refractivity contribution is 0.177. The van der Waals surface area contributed by atoms with Crippen molar-refractivity contribution in [3.63, 3.8) is 0 Å². The molecule has 18 heavy (non-hydrogen) atoms. The number of aromatic nitrogens is 2. The highest BCUT2D eigenvalue weighted by Crippen LogP contribution is 2.35. The zero-order valence-corrected chi connectivity index (χ0v) is 12.4. The van der Waals surface area contributed by atoms with Gasteiger partial charge in [-0.15, -0.1) is 11.3 Å². The molecule has 2 aromatic heterocycles. The second kappa shape index (κ2) is 5.61. The standard InChI is InChI=1S/C12H14Cl2N2OS/c1-7(2)16-4-3-8(15-16)5-10(17)9-6-11(13)18-12(9)14/h3-4,6-7,10,17H,5H2,1-2H3. The van der Waals surface area contributed by atoms with Gasteiger partial charge in [0.05, 0.1) is 16.1 Å². The Morgan fingerprint density at radius 1 is 1.44 bits per heavy atom. The molecular weight excluding hydrogens is 291 g/mol. The minimum absolute atomic E-state index is 0.315. The van der Waals surface area contributed by atoms with Crippen LogP contribution in [0.5, 0.6) is 0 Å². The van der Waals surface area contributed by atoms with Crippen LogP contribution in [-0.2, 0) is 6.42 Å². The van der Waals surface area contributed by atoms with Crippen molar-refractivity contribution in [1.29, 1.82) is 0 Å². The van der Waals surface area contributed by atoms with Crippen LogP contribution in [-0.4, -0.2) is 14.9 Å². The van der Waals surface area contributed by atoms with Gasteiger partial charge >= 0.3 is 0 Å². The van der Waals surface area contributed by atoms with Gasteiger partial charge in [-0.2, -0.15) is 5.10 Å². The lowest BCUT2D eigenvalue weighted by Crippen LogP contribution is -2.05. The molecule has 2 aromatic rings. The molecule has 0 spiro atoms. The van der Waals surface area contributed by atoms with E-state index in [-0.39, 0.29) is 0 Å². The Kier molecular flexibility index (Phi) is 4.33. The zero-order valence-electron chi connectivity index (χ0n) is 10.1. The molecule has 2 rings (SSSR count). The number of thiophene rings is 1. The third kappa shape index (κ3) is 3.06. The van der Waals surface area contributed by atoms with E-state index < -0.39 is 6.10 Å². The average molecular weight is 305 g/mol. The molecule has 1 unspecified atom stereocenters. The topological polar surface area (TPSA) is 38.0 Å². The van der Waals surface area contributed by atoms with Crippen molar-refractivity contribution in [2.45, 2.75) is 32.4 Å². The Hall–Kier alpha value is -0.550. The molecule has 2 heterocycles. The maximum Gasteiger partial charge on any atom is 0.100 e. The van der Waals surface area contributed by atoms with Crippen molar-refractivity contribution in [3.05, 3.63) is 38.3 Å². The van der Waals surface area contributed by atoms with E-state index in [4.69, 9.17) is 23.2 Å². The van der Waals surface area contributed by atoms with Crippen LogP contribution in [0.15, 0.2) is 18.3 Å². The van der Waals surface area contributed by atoms with Crippen molar-refractivity contribution < 1.29 is 5.11 Å². The third-order valence-electron chi connectivity index (χ3n) is 2.64. The summed E-state index contributed by atoms with van der Waals surface area (Å²) >= 11 is 13.1. The first kappa shape index (κ1) is 13.9. The second-order valence-electron chi connectivity index (χ2n) is 4.38. The normalized spacial score (nSPS) is 13.2. The largest absolute Gasteiger partial charge is 0.388 e. The number of halogens is 2. The van der Waals surface area contributed by atoms with E-state index in [1.165, 1.54) is 11.3 Å². The summed E-state index contributed by atoms with van der Waals surface area (Å²) in [5, 5.41) is 14.5. The molecule has 0 fully saturated rings. The summed E-state index contributed by atoms with van der Waals surface area (Å²) in [4.78, 5) is 0. The molecule has 0 aliphatic carbocycles. The SMILES string of the molecule is CC(C)n1ccc(CC(O)c2cc(Cl)sc2Cl)n1. The van der Waals surface area contributed by atoms with E-state index in [1.54, 1.807) is 6.07 Å². The maximum atomic E-state index is 10.1. The van der Waals surface area contributed by atoms with Crippen LogP contribution in [0.2, 0.25) is 8.67 Å². The van der Waals surface area contributed by atoms with Crippen molar-refractivity contribution in [2.24, 2.45) is 0 Å². The molecule has 0 aromatic carbocycles. The Morgan fingerprint density at radius 2 is 2.17 bits per heavy atom. The van der Waals surface area contributed by atoms with E-state index in [9.17, 15) is 5.11 Å². The van der Waals surface area contributed by atoms with Crippen molar-refractivity contribution in [2.75, 3.05) is 0 Å². The minimum atomic E-state index is -0.670. The monoisotopic (exact) mass is 304 g/mol. The molecule has 3 nitrogen and oxygen atoms in total. The van der Waals surface area contributed by atoms with Gasteiger partial charge in [0.15, 0.2) is 0 Å². The Bertz CT molecular complexity index is 536. The average Bonchev–Trinajstić information content (AvgIpc) is 2.85. The van der Waals surface area contributed by atoms with Gasteiger partial charge in [-0.05, 0) is 26.0 Å². The molecule has 0 aliphatic heterocycles. The van der Waals surface area contributed by atoms with Crippen molar-refractivity contribution in [3.8, 4) is 0 Å². The van der Waals surface area contributed by atoms with Gasteiger partial charge in [0.2, 0.25) is 0 Å². The highest BCUT2D eigenvalue weighted by molar-refractivity contribution is 7.20. The van der Waals surface area contributed by atoms with Gasteiger partial charge in [0, 0.05) is 24.2 Å². The fourth-order valence-electron chi connectivity index (χ4n) is 1.66. The van der Waals surface area contributed by atoms with E-state index in [2.05, 4.69) is 18.9 Å². The molecule has 0 saturated carbocycles. The van der Waals surface area contributed by atoms with Crippen LogP contribution in [0.25, 0.3) is 0 Å². The van der Waals surface area contributed by atoms with E-state index in [0.717, 1.165) is 5.69 Å². The Morgan fingerprint density at radius 3 is 2.67 bits per heavy atom. The first-order chi connectivity index (χ1) is 8.47. The van der Waals surface area contributed by atoms with E-state index >= 15 is 0 Å². The van der Waals surface area contributed by atoms with Gasteiger partial charge in [-0.1, -0.05) is 23.2 Å². The number of hydrogen-bond donors (Lipinski definition) is 1.